The number of ether oxygens (including phenoxy) is 2. The number of fused-ring (bicyclic) bond motifs is 1. The standard InChI is InChI=1S/C32H38N6O7/c1-6-14-37(32(43)45-19-44-27(40)15-22-9-12-24(39)13-10-22)31(42)23-11-8-20(3)26(16-23)35-29-28-21(4)25(30(41)33-7-2)17-38(28)36(5)18-34-29/h8-13,16-17,39H,6-7,14-15,18-19H2,1-5H3,(H,33,41)(H,34,35). The molecule has 0 saturated heterocycles. The maximum absolute atomic E-state index is 13.5. The van der Waals surface area contributed by atoms with Crippen LogP contribution in [0.25, 0.3) is 0 Å². The summed E-state index contributed by atoms with van der Waals surface area (Å²) in [5, 5.41) is 17.4. The van der Waals surface area contributed by atoms with Gasteiger partial charge in [-0.25, -0.2) is 14.7 Å². The average Bonchev–Trinajstić information content (AvgIpc) is 3.37. The highest BCUT2D eigenvalue weighted by atomic mass is 16.7. The molecule has 4 rings (SSSR count). The number of nitrogens with zero attached hydrogens (tertiary/aromatic N) is 4. The van der Waals surface area contributed by atoms with Crippen molar-refractivity contribution in [2.75, 3.05) is 43.9 Å². The van der Waals surface area contributed by atoms with E-state index in [4.69, 9.17) is 9.47 Å². The second-order valence-corrected chi connectivity index (χ2v) is 10.5. The molecule has 2 heterocycles. The third-order valence-electron chi connectivity index (χ3n) is 7.18. The van der Waals surface area contributed by atoms with Gasteiger partial charge >= 0.3 is 12.1 Å². The predicted octanol–water partition coefficient (Wildman–Crippen LogP) is 3.69. The highest BCUT2D eigenvalue weighted by molar-refractivity contribution is 6.12. The maximum Gasteiger partial charge on any atom is 0.419 e. The molecule has 3 amide bonds. The van der Waals surface area contributed by atoms with E-state index in [9.17, 15) is 24.3 Å². The van der Waals surface area contributed by atoms with Gasteiger partial charge in [-0.1, -0.05) is 25.1 Å². The summed E-state index contributed by atoms with van der Waals surface area (Å²) in [4.78, 5) is 56.9. The minimum absolute atomic E-state index is 0.0749. The minimum Gasteiger partial charge on any atom is -0.508 e. The fraction of sp³-hybridized carbons (Fsp3) is 0.344. The summed E-state index contributed by atoms with van der Waals surface area (Å²) in [6.45, 7) is 7.69. The van der Waals surface area contributed by atoms with Crippen LogP contribution < -0.4 is 15.6 Å². The maximum atomic E-state index is 13.5. The second kappa shape index (κ2) is 14.4. The lowest BCUT2D eigenvalue weighted by molar-refractivity contribution is -0.151. The lowest BCUT2D eigenvalue weighted by atomic mass is 10.1. The van der Waals surface area contributed by atoms with Crippen molar-refractivity contribution in [3.05, 3.63) is 82.2 Å². The van der Waals surface area contributed by atoms with Crippen LogP contribution in [0.4, 0.5) is 10.5 Å². The summed E-state index contributed by atoms with van der Waals surface area (Å²) in [5.74, 6) is -0.779. The number of aryl methyl sites for hydroxylation is 1. The number of carbonyl (C=O) groups is 4. The summed E-state index contributed by atoms with van der Waals surface area (Å²) < 4.78 is 12.0. The quantitative estimate of drug-likeness (QED) is 0.228. The van der Waals surface area contributed by atoms with Crippen molar-refractivity contribution >= 4 is 35.4 Å². The van der Waals surface area contributed by atoms with Gasteiger partial charge in [-0.2, -0.15) is 0 Å². The van der Waals surface area contributed by atoms with Gasteiger partial charge in [-0.15, -0.1) is 0 Å². The Labute approximate surface area is 261 Å². The van der Waals surface area contributed by atoms with Gasteiger partial charge in [0.15, 0.2) is 5.84 Å². The molecule has 13 heteroatoms. The molecule has 0 unspecified atom stereocenters. The molecule has 1 aliphatic rings. The number of carbonyl (C=O) groups excluding carboxylic acids is 4. The van der Waals surface area contributed by atoms with Gasteiger partial charge in [0, 0.05) is 37.6 Å². The van der Waals surface area contributed by atoms with Crippen LogP contribution in [0.2, 0.25) is 0 Å². The number of rotatable bonds is 10. The van der Waals surface area contributed by atoms with E-state index in [2.05, 4.69) is 15.6 Å². The fourth-order valence-corrected chi connectivity index (χ4v) is 4.77. The number of benzene rings is 2. The molecule has 0 radical (unpaired) electrons. The third-order valence-corrected chi connectivity index (χ3v) is 7.18. The van der Waals surface area contributed by atoms with Crippen molar-refractivity contribution in [3.8, 4) is 5.75 Å². The van der Waals surface area contributed by atoms with Crippen molar-refractivity contribution in [1.29, 1.82) is 0 Å². The molecule has 0 spiro atoms. The lowest BCUT2D eigenvalue weighted by Gasteiger charge is -2.28. The molecule has 1 aliphatic heterocycles. The Morgan fingerprint density at radius 2 is 1.78 bits per heavy atom. The molecule has 3 N–H and O–H groups in total. The second-order valence-electron chi connectivity index (χ2n) is 10.5. The first-order valence-corrected chi connectivity index (χ1v) is 14.6. The number of aromatic nitrogens is 1. The van der Waals surface area contributed by atoms with Gasteiger partial charge in [0.25, 0.3) is 11.8 Å². The van der Waals surface area contributed by atoms with Crippen LogP contribution in [0.3, 0.4) is 0 Å². The number of phenols is 1. The van der Waals surface area contributed by atoms with Crippen LogP contribution in [-0.4, -0.2) is 78.0 Å². The summed E-state index contributed by atoms with van der Waals surface area (Å²) in [7, 11) is 1.87. The summed E-state index contributed by atoms with van der Waals surface area (Å²) >= 11 is 0. The number of aromatic hydroxyl groups is 1. The van der Waals surface area contributed by atoms with E-state index in [0.29, 0.717) is 42.3 Å². The number of hydrogen-bond donors (Lipinski definition) is 3. The number of anilines is 1. The smallest absolute Gasteiger partial charge is 0.419 e. The van der Waals surface area contributed by atoms with Crippen LogP contribution in [0.1, 0.15) is 63.4 Å². The Hall–Kier alpha value is -5.33. The molecule has 13 nitrogen and oxygen atoms in total. The van der Waals surface area contributed by atoms with E-state index in [1.807, 2.05) is 44.4 Å². The number of nitrogens with one attached hydrogen (secondary N) is 2. The molecule has 3 aromatic rings. The number of hydrogen-bond acceptors (Lipinski definition) is 10. The predicted molar refractivity (Wildman–Crippen MR) is 168 cm³/mol. The first-order chi connectivity index (χ1) is 21.5. The van der Waals surface area contributed by atoms with Gasteiger partial charge in [0.05, 0.1) is 12.0 Å². The van der Waals surface area contributed by atoms with E-state index in [1.165, 1.54) is 12.1 Å². The molecule has 238 valence electrons. The Kier molecular flexibility index (Phi) is 10.4. The number of phenolic OH excluding ortho intramolecular Hbond substituents is 1. The van der Waals surface area contributed by atoms with Crippen LogP contribution in [0, 0.1) is 13.8 Å². The Morgan fingerprint density at radius 1 is 1.04 bits per heavy atom. The van der Waals surface area contributed by atoms with E-state index < -0.39 is 24.8 Å². The van der Waals surface area contributed by atoms with Crippen LogP contribution >= 0.6 is 0 Å². The third kappa shape index (κ3) is 7.61. The fourth-order valence-electron chi connectivity index (χ4n) is 4.77. The molecule has 0 saturated carbocycles. The first-order valence-electron chi connectivity index (χ1n) is 14.6. The van der Waals surface area contributed by atoms with Gasteiger partial charge in [-0.05, 0) is 68.1 Å². The molecule has 45 heavy (non-hydrogen) atoms. The largest absolute Gasteiger partial charge is 0.508 e. The van der Waals surface area contributed by atoms with E-state index in [1.54, 1.807) is 36.5 Å². The minimum atomic E-state index is -0.944. The van der Waals surface area contributed by atoms with Crippen molar-refractivity contribution in [1.82, 2.24) is 14.9 Å². The molecule has 0 fully saturated rings. The normalized spacial score (nSPS) is 12.1. The zero-order chi connectivity index (χ0) is 32.7. The number of amidine groups is 1. The van der Waals surface area contributed by atoms with Gasteiger partial charge in [0.1, 0.15) is 18.1 Å². The highest BCUT2D eigenvalue weighted by Gasteiger charge is 2.28. The summed E-state index contributed by atoms with van der Waals surface area (Å²) in [6, 6.07) is 11.1. The highest BCUT2D eigenvalue weighted by Crippen LogP contribution is 2.25. The molecule has 0 aliphatic carbocycles. The average molecular weight is 619 g/mol. The number of amides is 3. The van der Waals surface area contributed by atoms with Crippen LogP contribution in [-0.2, 0) is 20.7 Å². The number of esters is 1. The zero-order valence-electron chi connectivity index (χ0n) is 26.0. The Bertz CT molecular complexity index is 1610. The summed E-state index contributed by atoms with van der Waals surface area (Å²) in [6.07, 6.45) is 1.23. The van der Waals surface area contributed by atoms with E-state index in [0.717, 1.165) is 21.7 Å². The molecular formula is C32H38N6O7. The molecular weight excluding hydrogens is 580 g/mol. The first kappa shape index (κ1) is 32.6. The van der Waals surface area contributed by atoms with Crippen molar-refractivity contribution in [2.45, 2.75) is 40.5 Å². The monoisotopic (exact) mass is 618 g/mol. The Morgan fingerprint density at radius 3 is 2.47 bits per heavy atom. The van der Waals surface area contributed by atoms with Gasteiger partial charge in [0.2, 0.25) is 6.79 Å². The molecule has 0 bridgehead atoms. The van der Waals surface area contributed by atoms with Crippen molar-refractivity contribution in [3.63, 3.8) is 0 Å². The van der Waals surface area contributed by atoms with Crippen LogP contribution in [0.5, 0.6) is 5.75 Å². The molecule has 0 atom stereocenters. The van der Waals surface area contributed by atoms with Gasteiger partial charge in [-0.3, -0.25) is 24.1 Å². The zero-order valence-corrected chi connectivity index (χ0v) is 26.0. The SMILES string of the molecule is CCCN(C(=O)OCOC(=O)Cc1ccc(O)cc1)C(=O)c1ccc(C)c(NC2=NCN(C)n3cc(C(=O)NCC)c(C)c32)c1. The van der Waals surface area contributed by atoms with E-state index >= 15 is 0 Å². The lowest BCUT2D eigenvalue weighted by Crippen LogP contribution is -2.39. The molecule has 1 aromatic heterocycles. The van der Waals surface area contributed by atoms with Crippen LogP contribution in [0.15, 0.2) is 53.7 Å². The Balaban J connectivity index is 1.46. The topological polar surface area (TPSA) is 155 Å². The van der Waals surface area contributed by atoms with Crippen molar-refractivity contribution < 1.29 is 33.8 Å². The van der Waals surface area contributed by atoms with Gasteiger partial charge < -0.3 is 25.2 Å². The number of aliphatic imine (C=N–C) groups is 1. The van der Waals surface area contributed by atoms with Crippen molar-refractivity contribution in [2.24, 2.45) is 4.99 Å². The molecule has 2 aromatic carbocycles. The number of imide groups is 1. The summed E-state index contributed by atoms with van der Waals surface area (Å²) in [5.41, 5.74) is 4.30. The van der Waals surface area contributed by atoms with E-state index in [-0.39, 0.29) is 30.2 Å².